The van der Waals surface area contributed by atoms with E-state index in [1.165, 1.54) is 0 Å². The number of hydrogen-bond donors (Lipinski definition) is 1. The molecule has 0 atom stereocenters. The van der Waals surface area contributed by atoms with Crippen molar-refractivity contribution in [3.63, 3.8) is 0 Å². The average Bonchev–Trinajstić information content (AvgIpc) is 2.54. The van der Waals surface area contributed by atoms with Gasteiger partial charge < -0.3 is 5.11 Å². The number of carboxylic acids is 1. The summed E-state index contributed by atoms with van der Waals surface area (Å²) in [5.41, 5.74) is 2.38. The highest BCUT2D eigenvalue weighted by molar-refractivity contribution is 6.30. The maximum Gasteiger partial charge on any atom is 0.303 e. The number of fused-ring (bicyclic) bond motifs is 1. The first kappa shape index (κ1) is 11.0. The van der Waals surface area contributed by atoms with Gasteiger partial charge in [0, 0.05) is 12.1 Å². The van der Waals surface area contributed by atoms with E-state index in [4.69, 9.17) is 16.7 Å². The van der Waals surface area contributed by atoms with Crippen LogP contribution in [0.25, 0.3) is 5.65 Å². The highest BCUT2D eigenvalue weighted by atomic mass is 35.5. The van der Waals surface area contributed by atoms with Crippen LogP contribution in [-0.4, -0.2) is 20.5 Å². The van der Waals surface area contributed by atoms with Crippen LogP contribution in [0, 0.1) is 6.92 Å². The minimum atomic E-state index is -0.843. The second kappa shape index (κ2) is 4.14. The summed E-state index contributed by atoms with van der Waals surface area (Å²) in [5, 5.41) is 9.13. The lowest BCUT2D eigenvalue weighted by molar-refractivity contribution is -0.136. The fourth-order valence-electron chi connectivity index (χ4n) is 1.64. The van der Waals surface area contributed by atoms with Gasteiger partial charge in [-0.05, 0) is 19.1 Å². The number of halogens is 1. The lowest BCUT2D eigenvalue weighted by Crippen LogP contribution is -1.98. The predicted octanol–water partition coefficient (Wildman–Crippen LogP) is 2.31. The van der Waals surface area contributed by atoms with E-state index in [0.29, 0.717) is 17.3 Å². The van der Waals surface area contributed by atoms with Crippen molar-refractivity contribution in [1.82, 2.24) is 9.38 Å². The molecule has 2 rings (SSSR count). The van der Waals surface area contributed by atoms with Crippen LogP contribution < -0.4 is 0 Å². The smallest absolute Gasteiger partial charge is 0.303 e. The molecule has 0 saturated carbocycles. The van der Waals surface area contributed by atoms with Crippen molar-refractivity contribution in [2.45, 2.75) is 19.8 Å². The van der Waals surface area contributed by atoms with Crippen molar-refractivity contribution in [2.24, 2.45) is 0 Å². The number of carboxylic acid groups (broad SMARTS) is 1. The quantitative estimate of drug-likeness (QED) is 0.893. The van der Waals surface area contributed by atoms with Gasteiger partial charge in [0.2, 0.25) is 0 Å². The molecule has 0 spiro atoms. The van der Waals surface area contributed by atoms with Crippen LogP contribution in [0.5, 0.6) is 0 Å². The Morgan fingerprint density at radius 3 is 2.94 bits per heavy atom. The molecular formula is C11H11ClN2O2. The van der Waals surface area contributed by atoms with E-state index in [1.807, 2.05) is 29.5 Å². The van der Waals surface area contributed by atoms with Gasteiger partial charge in [-0.15, -0.1) is 0 Å². The zero-order chi connectivity index (χ0) is 11.7. The lowest BCUT2D eigenvalue weighted by Gasteiger charge is -1.99. The Morgan fingerprint density at radius 1 is 1.56 bits per heavy atom. The number of rotatable bonds is 3. The summed E-state index contributed by atoms with van der Waals surface area (Å²) in [5.74, 6) is -0.843. The van der Waals surface area contributed by atoms with E-state index in [1.54, 1.807) is 0 Å². The Bertz CT molecular complexity index is 548. The second-order valence-corrected chi connectivity index (χ2v) is 3.96. The maximum atomic E-state index is 10.5. The Hall–Kier alpha value is -1.55. The van der Waals surface area contributed by atoms with Gasteiger partial charge in [0.15, 0.2) is 0 Å². The molecule has 0 aliphatic rings. The van der Waals surface area contributed by atoms with E-state index in [9.17, 15) is 4.79 Å². The van der Waals surface area contributed by atoms with E-state index in [0.717, 1.165) is 11.3 Å². The van der Waals surface area contributed by atoms with E-state index >= 15 is 0 Å². The van der Waals surface area contributed by atoms with E-state index < -0.39 is 5.97 Å². The van der Waals surface area contributed by atoms with Gasteiger partial charge in [-0.1, -0.05) is 17.7 Å². The average molecular weight is 239 g/mol. The molecule has 0 aromatic carbocycles. The normalized spacial score (nSPS) is 10.9. The summed E-state index contributed by atoms with van der Waals surface area (Å²) in [6.45, 7) is 1.93. The summed E-state index contributed by atoms with van der Waals surface area (Å²) in [4.78, 5) is 14.8. The molecular weight excluding hydrogens is 228 g/mol. The maximum absolute atomic E-state index is 10.5. The lowest BCUT2D eigenvalue weighted by atomic mass is 10.2. The molecule has 2 heterocycles. The third kappa shape index (κ3) is 1.88. The molecule has 0 saturated heterocycles. The minimum absolute atomic E-state index is 0.0443. The molecule has 0 aliphatic heterocycles. The molecule has 84 valence electrons. The van der Waals surface area contributed by atoms with Crippen LogP contribution >= 0.6 is 11.6 Å². The third-order valence-electron chi connectivity index (χ3n) is 2.42. The Labute approximate surface area is 97.5 Å². The molecule has 0 unspecified atom stereocenters. The summed E-state index contributed by atoms with van der Waals surface area (Å²) >= 11 is 6.15. The summed E-state index contributed by atoms with van der Waals surface area (Å²) in [6, 6.07) is 5.68. The van der Waals surface area contributed by atoms with Gasteiger partial charge in [0.05, 0.1) is 12.1 Å². The van der Waals surface area contributed by atoms with Gasteiger partial charge in [-0.25, -0.2) is 4.98 Å². The van der Waals surface area contributed by atoms with Crippen molar-refractivity contribution in [2.75, 3.05) is 0 Å². The highest BCUT2D eigenvalue weighted by Gasteiger charge is 2.12. The SMILES string of the molecule is Cc1cccc2nc(CCC(=O)O)c(Cl)n12. The number of aromatic nitrogens is 2. The molecule has 0 bridgehead atoms. The fraction of sp³-hybridized carbons (Fsp3) is 0.273. The molecule has 0 fully saturated rings. The second-order valence-electron chi connectivity index (χ2n) is 3.60. The summed E-state index contributed by atoms with van der Waals surface area (Å²) in [6.07, 6.45) is 0.401. The van der Waals surface area contributed by atoms with Crippen LogP contribution in [0.15, 0.2) is 18.2 Å². The van der Waals surface area contributed by atoms with Gasteiger partial charge in [0.1, 0.15) is 10.8 Å². The largest absolute Gasteiger partial charge is 0.481 e. The number of hydrogen-bond acceptors (Lipinski definition) is 2. The molecule has 0 amide bonds. The number of carbonyl (C=O) groups is 1. The zero-order valence-electron chi connectivity index (χ0n) is 8.77. The molecule has 0 aliphatic carbocycles. The van der Waals surface area contributed by atoms with Crippen molar-refractivity contribution in [3.05, 3.63) is 34.7 Å². The first-order valence-corrected chi connectivity index (χ1v) is 5.31. The van der Waals surface area contributed by atoms with Crippen molar-refractivity contribution < 1.29 is 9.90 Å². The first-order chi connectivity index (χ1) is 7.59. The fourth-order valence-corrected chi connectivity index (χ4v) is 2.00. The number of pyridine rings is 1. The number of nitrogens with zero attached hydrogens (tertiary/aromatic N) is 2. The Kier molecular flexibility index (Phi) is 2.83. The molecule has 16 heavy (non-hydrogen) atoms. The van der Waals surface area contributed by atoms with Crippen molar-refractivity contribution >= 4 is 23.2 Å². The summed E-state index contributed by atoms with van der Waals surface area (Å²) < 4.78 is 1.82. The van der Waals surface area contributed by atoms with Gasteiger partial charge in [0.25, 0.3) is 0 Å². The van der Waals surface area contributed by atoms with Crippen LogP contribution in [0.2, 0.25) is 5.15 Å². The van der Waals surface area contributed by atoms with Gasteiger partial charge >= 0.3 is 5.97 Å². The molecule has 2 aromatic rings. The van der Waals surface area contributed by atoms with E-state index in [2.05, 4.69) is 4.98 Å². The molecule has 0 radical (unpaired) electrons. The Morgan fingerprint density at radius 2 is 2.31 bits per heavy atom. The molecule has 2 aromatic heterocycles. The van der Waals surface area contributed by atoms with Gasteiger partial charge in [-0.3, -0.25) is 9.20 Å². The predicted molar refractivity (Wildman–Crippen MR) is 60.9 cm³/mol. The zero-order valence-corrected chi connectivity index (χ0v) is 9.53. The van der Waals surface area contributed by atoms with Crippen LogP contribution in [0.3, 0.4) is 0 Å². The monoisotopic (exact) mass is 238 g/mol. The van der Waals surface area contributed by atoms with Crippen LogP contribution in [-0.2, 0) is 11.2 Å². The Balaban J connectivity index is 2.44. The van der Waals surface area contributed by atoms with Crippen molar-refractivity contribution in [3.8, 4) is 0 Å². The third-order valence-corrected chi connectivity index (χ3v) is 2.81. The number of aliphatic carboxylic acids is 1. The van der Waals surface area contributed by atoms with Crippen LogP contribution in [0.1, 0.15) is 17.8 Å². The summed E-state index contributed by atoms with van der Waals surface area (Å²) in [7, 11) is 0. The number of imidazole rings is 1. The molecule has 1 N–H and O–H groups in total. The first-order valence-electron chi connectivity index (χ1n) is 4.94. The van der Waals surface area contributed by atoms with Crippen molar-refractivity contribution in [1.29, 1.82) is 0 Å². The van der Waals surface area contributed by atoms with Gasteiger partial charge in [-0.2, -0.15) is 0 Å². The van der Waals surface area contributed by atoms with E-state index in [-0.39, 0.29) is 6.42 Å². The highest BCUT2D eigenvalue weighted by Crippen LogP contribution is 2.21. The minimum Gasteiger partial charge on any atom is -0.481 e. The topological polar surface area (TPSA) is 54.6 Å². The molecule has 5 heteroatoms. The molecule has 4 nitrogen and oxygen atoms in total. The van der Waals surface area contributed by atoms with Crippen LogP contribution in [0.4, 0.5) is 0 Å². The number of aryl methyl sites for hydroxylation is 2. The standard InChI is InChI=1S/C11H11ClN2O2/c1-7-3-2-4-9-13-8(5-6-10(15)16)11(12)14(7)9/h2-4H,5-6H2,1H3,(H,15,16).